The molecular weight excluding hydrogens is 264 g/mol. The van der Waals surface area contributed by atoms with Gasteiger partial charge in [-0.3, -0.25) is 4.79 Å². The number of carbonyl (C=O) groups is 1. The second-order valence-corrected chi connectivity index (χ2v) is 4.66. The van der Waals surface area contributed by atoms with Gasteiger partial charge in [0.15, 0.2) is 0 Å². The average Bonchev–Trinajstić information content (AvgIpc) is 2.37. The fraction of sp³-hybridized carbons (Fsp3) is 0.500. The van der Waals surface area contributed by atoms with E-state index in [4.69, 9.17) is 10.5 Å². The molecule has 0 bridgehead atoms. The number of methoxy groups -OCH3 is 1. The van der Waals surface area contributed by atoms with Gasteiger partial charge in [-0.05, 0) is 30.0 Å². The second kappa shape index (κ2) is 8.77. The van der Waals surface area contributed by atoms with E-state index >= 15 is 0 Å². The summed E-state index contributed by atoms with van der Waals surface area (Å²) in [7, 11) is 1.64. The van der Waals surface area contributed by atoms with Crippen molar-refractivity contribution in [3.8, 4) is 5.75 Å². The summed E-state index contributed by atoms with van der Waals surface area (Å²) < 4.78 is 5.14. The minimum Gasteiger partial charge on any atom is -0.497 e. The molecule has 0 radical (unpaired) electrons. The van der Waals surface area contributed by atoms with Gasteiger partial charge in [-0.1, -0.05) is 26.0 Å². The van der Waals surface area contributed by atoms with Crippen molar-refractivity contribution in [1.29, 1.82) is 0 Å². The normalized spacial score (nSPS) is 11.6. The third-order valence-electron chi connectivity index (χ3n) is 2.87. The van der Waals surface area contributed by atoms with Crippen molar-refractivity contribution in [3.05, 3.63) is 29.8 Å². The monoisotopic (exact) mass is 286 g/mol. The maximum atomic E-state index is 11.6. The molecule has 0 aliphatic carbocycles. The number of ether oxygens (including phenoxy) is 1. The van der Waals surface area contributed by atoms with E-state index in [1.165, 1.54) is 0 Å². The molecule has 4 nitrogen and oxygen atoms in total. The van der Waals surface area contributed by atoms with Crippen molar-refractivity contribution in [3.63, 3.8) is 0 Å². The van der Waals surface area contributed by atoms with Crippen LogP contribution in [-0.4, -0.2) is 25.6 Å². The summed E-state index contributed by atoms with van der Waals surface area (Å²) in [6, 6.07) is 7.38. The lowest BCUT2D eigenvalue weighted by atomic mass is 10.0. The zero-order valence-electron chi connectivity index (χ0n) is 11.7. The van der Waals surface area contributed by atoms with Gasteiger partial charge in [-0.15, -0.1) is 12.4 Å². The minimum absolute atomic E-state index is 0. The van der Waals surface area contributed by atoms with E-state index in [1.54, 1.807) is 7.11 Å². The van der Waals surface area contributed by atoms with Crippen LogP contribution in [0.2, 0.25) is 0 Å². The number of nitrogens with two attached hydrogens (primary N) is 1. The number of nitrogens with one attached hydrogen (secondary N) is 1. The van der Waals surface area contributed by atoms with Gasteiger partial charge >= 0.3 is 0 Å². The lowest BCUT2D eigenvalue weighted by Crippen LogP contribution is -2.44. The largest absolute Gasteiger partial charge is 0.497 e. The Hall–Kier alpha value is -1.26. The zero-order chi connectivity index (χ0) is 13.5. The number of amides is 1. The molecule has 1 aromatic rings. The van der Waals surface area contributed by atoms with E-state index in [1.807, 2.05) is 38.1 Å². The standard InChI is InChI=1S/C14H22N2O2.ClH/c1-10(2)13(15)14(17)16-8-7-11-5-4-6-12(9-11)18-3;/h4-6,9-10,13H,7-8,15H2,1-3H3,(H,16,17);1H. The van der Waals surface area contributed by atoms with Crippen LogP contribution in [0.15, 0.2) is 24.3 Å². The Balaban J connectivity index is 0.00000324. The molecule has 1 atom stereocenters. The SMILES string of the molecule is COc1cccc(CCNC(=O)C(N)C(C)C)c1.Cl. The lowest BCUT2D eigenvalue weighted by molar-refractivity contribution is -0.123. The highest BCUT2D eigenvalue weighted by atomic mass is 35.5. The summed E-state index contributed by atoms with van der Waals surface area (Å²) in [5, 5.41) is 2.84. The molecule has 1 unspecified atom stereocenters. The Bertz CT molecular complexity index is 397. The van der Waals surface area contributed by atoms with Gasteiger partial charge in [-0.25, -0.2) is 0 Å². The van der Waals surface area contributed by atoms with Gasteiger partial charge in [0.05, 0.1) is 13.2 Å². The van der Waals surface area contributed by atoms with Crippen LogP contribution in [0.5, 0.6) is 5.75 Å². The van der Waals surface area contributed by atoms with Crippen molar-refractivity contribution < 1.29 is 9.53 Å². The summed E-state index contributed by atoms with van der Waals surface area (Å²) >= 11 is 0. The average molecular weight is 287 g/mol. The van der Waals surface area contributed by atoms with Gasteiger partial charge in [0.25, 0.3) is 0 Å². The van der Waals surface area contributed by atoms with Crippen molar-refractivity contribution in [2.24, 2.45) is 11.7 Å². The third-order valence-corrected chi connectivity index (χ3v) is 2.87. The first-order chi connectivity index (χ1) is 8.54. The molecule has 3 N–H and O–H groups in total. The molecular formula is C14H23ClN2O2. The Labute approximate surface area is 121 Å². The van der Waals surface area contributed by atoms with Crippen LogP contribution in [-0.2, 0) is 11.2 Å². The maximum absolute atomic E-state index is 11.6. The molecule has 0 aromatic heterocycles. The van der Waals surface area contributed by atoms with Crippen molar-refractivity contribution >= 4 is 18.3 Å². The first-order valence-electron chi connectivity index (χ1n) is 6.21. The molecule has 0 aliphatic heterocycles. The molecule has 0 saturated carbocycles. The van der Waals surface area contributed by atoms with Crippen LogP contribution in [0.3, 0.4) is 0 Å². The number of hydrogen-bond acceptors (Lipinski definition) is 3. The number of hydrogen-bond donors (Lipinski definition) is 2. The Kier molecular flexibility index (Phi) is 8.19. The van der Waals surface area contributed by atoms with Crippen molar-refractivity contribution in [2.75, 3.05) is 13.7 Å². The number of carbonyl (C=O) groups excluding carboxylic acids is 1. The lowest BCUT2D eigenvalue weighted by Gasteiger charge is -2.15. The van der Waals surface area contributed by atoms with Gasteiger partial charge in [0.2, 0.25) is 5.91 Å². The van der Waals surface area contributed by atoms with E-state index in [9.17, 15) is 4.79 Å². The van der Waals surface area contributed by atoms with E-state index < -0.39 is 6.04 Å². The van der Waals surface area contributed by atoms with Crippen LogP contribution in [0.1, 0.15) is 19.4 Å². The predicted molar refractivity (Wildman–Crippen MR) is 79.8 cm³/mol. The number of halogens is 1. The van der Waals surface area contributed by atoms with Gasteiger partial charge in [0, 0.05) is 6.54 Å². The van der Waals surface area contributed by atoms with Gasteiger partial charge < -0.3 is 15.8 Å². The molecule has 19 heavy (non-hydrogen) atoms. The summed E-state index contributed by atoms with van der Waals surface area (Å²) in [6.07, 6.45) is 0.772. The topological polar surface area (TPSA) is 64.3 Å². The third kappa shape index (κ3) is 5.94. The number of benzene rings is 1. The first-order valence-corrected chi connectivity index (χ1v) is 6.21. The summed E-state index contributed by atoms with van der Waals surface area (Å²) in [5.41, 5.74) is 6.89. The predicted octanol–water partition coefficient (Wildman–Crippen LogP) is 1.76. The Morgan fingerprint density at radius 3 is 2.68 bits per heavy atom. The van der Waals surface area contributed by atoms with Gasteiger partial charge in [0.1, 0.15) is 5.75 Å². The van der Waals surface area contributed by atoms with E-state index in [2.05, 4.69) is 5.32 Å². The van der Waals surface area contributed by atoms with Crippen LogP contribution in [0, 0.1) is 5.92 Å². The van der Waals surface area contributed by atoms with Crippen LogP contribution >= 0.6 is 12.4 Å². The van der Waals surface area contributed by atoms with Crippen LogP contribution < -0.4 is 15.8 Å². The van der Waals surface area contributed by atoms with Crippen molar-refractivity contribution in [2.45, 2.75) is 26.3 Å². The van der Waals surface area contributed by atoms with E-state index in [0.29, 0.717) is 6.54 Å². The van der Waals surface area contributed by atoms with Crippen LogP contribution in [0.4, 0.5) is 0 Å². The zero-order valence-corrected chi connectivity index (χ0v) is 12.5. The Morgan fingerprint density at radius 2 is 2.11 bits per heavy atom. The highest BCUT2D eigenvalue weighted by Gasteiger charge is 2.16. The first kappa shape index (κ1) is 17.7. The molecule has 0 aliphatic rings. The Morgan fingerprint density at radius 1 is 1.42 bits per heavy atom. The molecule has 5 heteroatoms. The highest BCUT2D eigenvalue weighted by Crippen LogP contribution is 2.12. The van der Waals surface area contributed by atoms with Gasteiger partial charge in [-0.2, -0.15) is 0 Å². The molecule has 0 spiro atoms. The molecule has 0 heterocycles. The molecule has 1 aromatic carbocycles. The molecule has 0 fully saturated rings. The van der Waals surface area contributed by atoms with E-state index in [0.717, 1.165) is 17.7 Å². The number of rotatable bonds is 6. The fourth-order valence-electron chi connectivity index (χ4n) is 1.58. The smallest absolute Gasteiger partial charge is 0.237 e. The molecule has 0 saturated heterocycles. The summed E-state index contributed by atoms with van der Waals surface area (Å²) in [5.74, 6) is 0.896. The quantitative estimate of drug-likeness (QED) is 0.837. The summed E-state index contributed by atoms with van der Waals surface area (Å²) in [4.78, 5) is 11.6. The molecule has 108 valence electrons. The molecule has 1 rings (SSSR count). The van der Waals surface area contributed by atoms with Crippen LogP contribution in [0.25, 0.3) is 0 Å². The van der Waals surface area contributed by atoms with E-state index in [-0.39, 0.29) is 24.2 Å². The minimum atomic E-state index is -0.435. The highest BCUT2D eigenvalue weighted by molar-refractivity contribution is 5.85. The summed E-state index contributed by atoms with van der Waals surface area (Å²) in [6.45, 7) is 4.46. The molecule has 1 amide bonds. The fourth-order valence-corrected chi connectivity index (χ4v) is 1.58. The maximum Gasteiger partial charge on any atom is 0.237 e. The van der Waals surface area contributed by atoms with Crippen molar-refractivity contribution in [1.82, 2.24) is 5.32 Å². The second-order valence-electron chi connectivity index (χ2n) is 4.66.